The zero-order valence-corrected chi connectivity index (χ0v) is 16.6. The number of carbonyl (C=O) groups excluding carboxylic acids is 2. The van der Waals surface area contributed by atoms with Gasteiger partial charge in [-0.2, -0.15) is 15.6 Å². The summed E-state index contributed by atoms with van der Waals surface area (Å²) in [5, 5.41) is 3.85. The van der Waals surface area contributed by atoms with Crippen molar-refractivity contribution in [1.29, 1.82) is 0 Å². The topological polar surface area (TPSA) is 84.0 Å². The van der Waals surface area contributed by atoms with E-state index in [2.05, 4.69) is 0 Å². The predicted molar refractivity (Wildman–Crippen MR) is 101 cm³/mol. The third kappa shape index (κ3) is 4.67. The van der Waals surface area contributed by atoms with Gasteiger partial charge in [-0.15, -0.1) is 0 Å². The molecule has 2 aromatic rings. The molecule has 0 unspecified atom stereocenters. The summed E-state index contributed by atoms with van der Waals surface area (Å²) in [6.45, 7) is 0.465. The Morgan fingerprint density at radius 3 is 2.33 bits per heavy atom. The van der Waals surface area contributed by atoms with E-state index in [9.17, 15) is 18.0 Å². The molecule has 7 nitrogen and oxygen atoms in total. The van der Waals surface area contributed by atoms with E-state index in [1.807, 2.05) is 0 Å². The molecule has 1 amide bonds. The number of thiophene rings is 1. The average Bonchev–Trinajstić information content (AvgIpc) is 3.21. The number of sulfonamides is 1. The van der Waals surface area contributed by atoms with Gasteiger partial charge in [0.15, 0.2) is 6.61 Å². The van der Waals surface area contributed by atoms with Crippen LogP contribution in [-0.2, 0) is 19.6 Å². The minimum atomic E-state index is -3.63. The van der Waals surface area contributed by atoms with Crippen LogP contribution in [0, 0.1) is 0 Å². The van der Waals surface area contributed by atoms with Gasteiger partial charge < -0.3 is 9.64 Å². The quantitative estimate of drug-likeness (QED) is 0.681. The molecular weight excluding hydrogens is 412 g/mol. The molecule has 0 spiro atoms. The summed E-state index contributed by atoms with van der Waals surface area (Å²) in [4.78, 5) is 25.6. The van der Waals surface area contributed by atoms with Gasteiger partial charge in [0.05, 0.1) is 10.5 Å². The summed E-state index contributed by atoms with van der Waals surface area (Å²) in [6.07, 6.45) is 0. The highest BCUT2D eigenvalue weighted by atomic mass is 35.5. The lowest BCUT2D eigenvalue weighted by molar-refractivity contribution is -0.135. The smallest absolute Gasteiger partial charge is 0.339 e. The van der Waals surface area contributed by atoms with Gasteiger partial charge in [0.25, 0.3) is 5.91 Å². The standard InChI is InChI=1S/C17H17ClN2O5S2/c18-14-1-3-15(4-2-14)27(23,24)20-8-6-19(7-9-20)16(21)11-25-17(22)13-5-10-26-12-13/h1-5,10,12H,6-9,11H2. The number of piperazine rings is 1. The zero-order valence-electron chi connectivity index (χ0n) is 14.2. The van der Waals surface area contributed by atoms with Crippen molar-refractivity contribution < 1.29 is 22.7 Å². The number of carbonyl (C=O) groups is 2. The summed E-state index contributed by atoms with van der Waals surface area (Å²) in [6, 6.07) is 7.59. The van der Waals surface area contributed by atoms with E-state index < -0.39 is 16.0 Å². The molecule has 1 aliphatic heterocycles. The molecular formula is C17H17ClN2O5S2. The van der Waals surface area contributed by atoms with Crippen molar-refractivity contribution in [3.63, 3.8) is 0 Å². The molecule has 2 heterocycles. The highest BCUT2D eigenvalue weighted by Crippen LogP contribution is 2.20. The van der Waals surface area contributed by atoms with Gasteiger partial charge in [-0.05, 0) is 35.7 Å². The molecule has 0 atom stereocenters. The van der Waals surface area contributed by atoms with Gasteiger partial charge >= 0.3 is 5.97 Å². The van der Waals surface area contributed by atoms with E-state index in [1.165, 1.54) is 44.8 Å². The summed E-state index contributed by atoms with van der Waals surface area (Å²) in [7, 11) is -3.63. The molecule has 0 N–H and O–H groups in total. The Hall–Kier alpha value is -1.94. The second kappa shape index (κ2) is 8.39. The summed E-state index contributed by atoms with van der Waals surface area (Å²) < 4.78 is 31.6. The van der Waals surface area contributed by atoms with Crippen LogP contribution in [0.25, 0.3) is 0 Å². The fourth-order valence-electron chi connectivity index (χ4n) is 2.62. The molecule has 0 radical (unpaired) electrons. The van der Waals surface area contributed by atoms with Crippen molar-refractivity contribution >= 4 is 44.8 Å². The first-order valence-electron chi connectivity index (χ1n) is 8.11. The first kappa shape index (κ1) is 19.8. The predicted octanol–water partition coefficient (Wildman–Crippen LogP) is 2.09. The third-order valence-corrected chi connectivity index (χ3v) is 6.97. The molecule has 0 saturated carbocycles. The van der Waals surface area contributed by atoms with E-state index in [0.717, 1.165) is 0 Å². The Kier molecular flexibility index (Phi) is 6.15. The van der Waals surface area contributed by atoms with E-state index in [4.69, 9.17) is 16.3 Å². The van der Waals surface area contributed by atoms with E-state index >= 15 is 0 Å². The van der Waals surface area contributed by atoms with Crippen LogP contribution in [0.4, 0.5) is 0 Å². The Labute approximate surface area is 166 Å². The number of benzene rings is 1. The highest BCUT2D eigenvalue weighted by Gasteiger charge is 2.30. The van der Waals surface area contributed by atoms with E-state index in [1.54, 1.807) is 16.8 Å². The molecule has 1 aliphatic rings. The maximum Gasteiger partial charge on any atom is 0.339 e. The van der Waals surface area contributed by atoms with Gasteiger partial charge in [-0.25, -0.2) is 13.2 Å². The van der Waals surface area contributed by atoms with Crippen molar-refractivity contribution in [3.8, 4) is 0 Å². The van der Waals surface area contributed by atoms with Crippen molar-refractivity contribution in [2.45, 2.75) is 4.90 Å². The number of halogens is 1. The van der Waals surface area contributed by atoms with Crippen LogP contribution in [0.3, 0.4) is 0 Å². The Bertz CT molecular complexity index is 905. The van der Waals surface area contributed by atoms with Crippen LogP contribution < -0.4 is 0 Å². The summed E-state index contributed by atoms with van der Waals surface area (Å²) in [5.74, 6) is -0.893. The minimum absolute atomic E-state index is 0.163. The van der Waals surface area contributed by atoms with Crippen molar-refractivity contribution in [3.05, 3.63) is 51.7 Å². The Morgan fingerprint density at radius 1 is 1.07 bits per heavy atom. The average molecular weight is 429 g/mol. The molecule has 1 saturated heterocycles. The first-order valence-corrected chi connectivity index (χ1v) is 10.9. The lowest BCUT2D eigenvalue weighted by Gasteiger charge is -2.33. The second-order valence-electron chi connectivity index (χ2n) is 5.83. The number of amides is 1. The van der Waals surface area contributed by atoms with Gasteiger partial charge in [-0.3, -0.25) is 4.79 Å². The molecule has 1 fully saturated rings. The lowest BCUT2D eigenvalue weighted by atomic mass is 10.3. The fourth-order valence-corrected chi connectivity index (χ4v) is 4.79. The number of nitrogens with zero attached hydrogens (tertiary/aromatic N) is 2. The molecule has 0 aliphatic carbocycles. The Balaban J connectivity index is 1.53. The lowest BCUT2D eigenvalue weighted by Crippen LogP contribution is -2.51. The molecule has 144 valence electrons. The number of hydrogen-bond acceptors (Lipinski definition) is 6. The highest BCUT2D eigenvalue weighted by molar-refractivity contribution is 7.89. The number of esters is 1. The molecule has 3 rings (SSSR count). The van der Waals surface area contributed by atoms with Gasteiger partial charge in [0.2, 0.25) is 10.0 Å². The first-order chi connectivity index (χ1) is 12.9. The Morgan fingerprint density at radius 2 is 1.74 bits per heavy atom. The number of rotatable bonds is 5. The maximum absolute atomic E-state index is 12.6. The zero-order chi connectivity index (χ0) is 19.4. The fraction of sp³-hybridized carbons (Fsp3) is 0.294. The number of hydrogen-bond donors (Lipinski definition) is 0. The summed E-state index contributed by atoms with van der Waals surface area (Å²) >= 11 is 7.16. The largest absolute Gasteiger partial charge is 0.452 e. The van der Waals surface area contributed by atoms with Crippen LogP contribution in [0.2, 0.25) is 5.02 Å². The molecule has 0 bridgehead atoms. The maximum atomic E-state index is 12.6. The van der Waals surface area contributed by atoms with Gasteiger partial charge in [0, 0.05) is 36.6 Å². The van der Waals surface area contributed by atoms with Crippen LogP contribution in [0.5, 0.6) is 0 Å². The minimum Gasteiger partial charge on any atom is -0.452 e. The third-order valence-electron chi connectivity index (χ3n) is 4.13. The van der Waals surface area contributed by atoms with Crippen LogP contribution in [0.1, 0.15) is 10.4 Å². The van der Waals surface area contributed by atoms with E-state index in [-0.39, 0.29) is 43.6 Å². The van der Waals surface area contributed by atoms with Gasteiger partial charge in [0.1, 0.15) is 0 Å². The van der Waals surface area contributed by atoms with Crippen LogP contribution in [0.15, 0.2) is 46.0 Å². The molecule has 1 aromatic heterocycles. The molecule has 10 heteroatoms. The van der Waals surface area contributed by atoms with Gasteiger partial charge in [-0.1, -0.05) is 11.6 Å². The monoisotopic (exact) mass is 428 g/mol. The van der Waals surface area contributed by atoms with E-state index in [0.29, 0.717) is 10.6 Å². The van der Waals surface area contributed by atoms with Crippen molar-refractivity contribution in [2.24, 2.45) is 0 Å². The second-order valence-corrected chi connectivity index (χ2v) is 8.98. The SMILES string of the molecule is O=C(OCC(=O)N1CCN(S(=O)(=O)c2ccc(Cl)cc2)CC1)c1ccsc1. The van der Waals surface area contributed by atoms with Crippen molar-refractivity contribution in [2.75, 3.05) is 32.8 Å². The normalized spacial score (nSPS) is 15.5. The van der Waals surface area contributed by atoms with Crippen LogP contribution >= 0.6 is 22.9 Å². The molecule has 27 heavy (non-hydrogen) atoms. The van der Waals surface area contributed by atoms with Crippen LogP contribution in [-0.4, -0.2) is 62.3 Å². The number of ether oxygens (including phenoxy) is 1. The van der Waals surface area contributed by atoms with Crippen molar-refractivity contribution in [1.82, 2.24) is 9.21 Å². The summed E-state index contributed by atoms with van der Waals surface area (Å²) in [5.41, 5.74) is 0.409. The molecule has 1 aromatic carbocycles.